The molecule has 18 heavy (non-hydrogen) atoms. The molecule has 0 aromatic heterocycles. The Balaban J connectivity index is 2.19. The van der Waals surface area contributed by atoms with E-state index in [1.54, 1.807) is 12.0 Å². The van der Waals surface area contributed by atoms with Crippen molar-refractivity contribution in [3.63, 3.8) is 0 Å². The molecule has 2 saturated heterocycles. The molecule has 2 heterocycles. The number of urea groups is 1. The van der Waals surface area contributed by atoms with Gasteiger partial charge in [0.25, 0.3) is 5.91 Å². The van der Waals surface area contributed by atoms with Gasteiger partial charge in [-0.05, 0) is 12.3 Å². The lowest BCUT2D eigenvalue weighted by Crippen LogP contribution is -2.47. The number of methoxy groups -OCH3 is 1. The summed E-state index contributed by atoms with van der Waals surface area (Å²) in [6, 6.07) is -0.566. The lowest BCUT2D eigenvalue weighted by molar-refractivity contribution is -0.130. The van der Waals surface area contributed by atoms with Crippen molar-refractivity contribution in [3.8, 4) is 0 Å². The minimum absolute atomic E-state index is 0.00464. The molecule has 102 valence electrons. The largest absolute Gasteiger partial charge is 0.380 e. The van der Waals surface area contributed by atoms with Crippen LogP contribution in [-0.2, 0) is 9.53 Å². The van der Waals surface area contributed by atoms with E-state index in [1.807, 2.05) is 27.7 Å². The highest BCUT2D eigenvalue weighted by atomic mass is 16.5. The Morgan fingerprint density at radius 2 is 1.94 bits per heavy atom. The average molecular weight is 254 g/mol. The van der Waals surface area contributed by atoms with Crippen molar-refractivity contribution < 1.29 is 14.3 Å². The van der Waals surface area contributed by atoms with Gasteiger partial charge in [0.05, 0.1) is 6.10 Å². The number of amides is 3. The van der Waals surface area contributed by atoms with Crippen molar-refractivity contribution in [2.45, 2.75) is 52.3 Å². The summed E-state index contributed by atoms with van der Waals surface area (Å²) in [6.45, 7) is 8.59. The second kappa shape index (κ2) is 4.23. The second-order valence-electron chi connectivity index (χ2n) is 6.29. The number of ether oxygens (including phenoxy) is 1. The van der Waals surface area contributed by atoms with E-state index in [0.29, 0.717) is 13.0 Å². The number of hydrogen-bond donors (Lipinski definition) is 0. The van der Waals surface area contributed by atoms with Crippen LogP contribution in [0.25, 0.3) is 0 Å². The maximum atomic E-state index is 12.4. The maximum absolute atomic E-state index is 12.4. The fraction of sp³-hybridized carbons (Fsp3) is 0.846. The summed E-state index contributed by atoms with van der Waals surface area (Å²) < 4.78 is 5.24. The van der Waals surface area contributed by atoms with Crippen molar-refractivity contribution in [2.75, 3.05) is 13.7 Å². The normalized spacial score (nSPS) is 30.1. The first-order valence-corrected chi connectivity index (χ1v) is 6.44. The summed E-state index contributed by atoms with van der Waals surface area (Å²) in [5, 5.41) is 0. The van der Waals surface area contributed by atoms with E-state index in [4.69, 9.17) is 4.74 Å². The van der Waals surface area contributed by atoms with Crippen LogP contribution in [0.3, 0.4) is 0 Å². The molecule has 0 aromatic rings. The first-order valence-electron chi connectivity index (χ1n) is 6.44. The van der Waals surface area contributed by atoms with E-state index < -0.39 is 0 Å². The Morgan fingerprint density at radius 3 is 2.39 bits per heavy atom. The van der Waals surface area contributed by atoms with E-state index in [-0.39, 0.29) is 35.5 Å². The number of fused-ring (bicyclic) bond motifs is 1. The van der Waals surface area contributed by atoms with E-state index >= 15 is 0 Å². The van der Waals surface area contributed by atoms with Crippen LogP contribution < -0.4 is 0 Å². The van der Waals surface area contributed by atoms with Gasteiger partial charge in [0, 0.05) is 26.1 Å². The first-order chi connectivity index (χ1) is 8.27. The summed E-state index contributed by atoms with van der Waals surface area (Å²) in [5.41, 5.74) is -0.105. The van der Waals surface area contributed by atoms with Gasteiger partial charge < -0.3 is 9.64 Å². The van der Waals surface area contributed by atoms with Gasteiger partial charge in [0.2, 0.25) is 0 Å². The Labute approximate surface area is 108 Å². The monoisotopic (exact) mass is 254 g/mol. The van der Waals surface area contributed by atoms with E-state index in [1.165, 1.54) is 4.90 Å². The topological polar surface area (TPSA) is 49.9 Å². The number of rotatable bonds is 2. The van der Waals surface area contributed by atoms with Crippen LogP contribution in [0.2, 0.25) is 0 Å². The van der Waals surface area contributed by atoms with Gasteiger partial charge in [-0.2, -0.15) is 0 Å². The van der Waals surface area contributed by atoms with Gasteiger partial charge in [-0.25, -0.2) is 4.79 Å². The van der Waals surface area contributed by atoms with Crippen LogP contribution in [0.4, 0.5) is 4.79 Å². The molecule has 0 saturated carbocycles. The first kappa shape index (κ1) is 13.3. The highest BCUT2D eigenvalue weighted by Gasteiger charge is 2.53. The molecule has 0 spiro atoms. The standard InChI is InChI=1S/C13H22N2O3/c1-8(13(2,3)4)15-11(16)10-6-9(18-5)7-14(10)12(15)17/h8-10H,6-7H2,1-5H3. The summed E-state index contributed by atoms with van der Waals surface area (Å²) >= 11 is 0. The zero-order valence-electron chi connectivity index (χ0n) is 11.8. The molecule has 5 nitrogen and oxygen atoms in total. The van der Waals surface area contributed by atoms with E-state index in [0.717, 1.165) is 0 Å². The molecule has 0 aliphatic carbocycles. The second-order valence-corrected chi connectivity index (χ2v) is 6.29. The smallest absolute Gasteiger partial charge is 0.327 e. The summed E-state index contributed by atoms with van der Waals surface area (Å²) in [4.78, 5) is 27.8. The highest BCUT2D eigenvalue weighted by molar-refractivity contribution is 6.05. The molecule has 5 heteroatoms. The van der Waals surface area contributed by atoms with Gasteiger partial charge in [-0.15, -0.1) is 0 Å². The van der Waals surface area contributed by atoms with Crippen LogP contribution in [0.5, 0.6) is 0 Å². The lowest BCUT2D eigenvalue weighted by atomic mass is 9.87. The average Bonchev–Trinajstić information content (AvgIpc) is 2.78. The number of carbonyl (C=O) groups is 2. The van der Waals surface area contributed by atoms with Gasteiger partial charge in [0.1, 0.15) is 6.04 Å². The molecule has 3 atom stereocenters. The van der Waals surface area contributed by atoms with Gasteiger partial charge in [0.15, 0.2) is 0 Å². The van der Waals surface area contributed by atoms with Gasteiger partial charge in [-0.3, -0.25) is 9.69 Å². The Bertz CT molecular complexity index is 351. The summed E-state index contributed by atoms with van der Waals surface area (Å²) in [5.74, 6) is -0.0676. The SMILES string of the molecule is COC1CC2C(=O)N(C(C)C(C)(C)C)C(=O)N2C1. The van der Waals surface area contributed by atoms with E-state index in [2.05, 4.69) is 0 Å². The lowest BCUT2D eigenvalue weighted by Gasteiger charge is -2.33. The Hall–Kier alpha value is -1.10. The minimum atomic E-state index is -0.313. The predicted molar refractivity (Wildman–Crippen MR) is 67.1 cm³/mol. The van der Waals surface area contributed by atoms with Crippen molar-refractivity contribution >= 4 is 11.9 Å². The molecule has 2 aliphatic heterocycles. The zero-order valence-corrected chi connectivity index (χ0v) is 11.8. The van der Waals surface area contributed by atoms with Gasteiger partial charge in [-0.1, -0.05) is 20.8 Å². The molecular weight excluding hydrogens is 232 g/mol. The molecule has 3 unspecified atom stereocenters. The summed E-state index contributed by atoms with van der Waals surface area (Å²) in [6.07, 6.45) is 0.615. The van der Waals surface area contributed by atoms with Crippen LogP contribution in [0.15, 0.2) is 0 Å². The third kappa shape index (κ3) is 1.90. The van der Waals surface area contributed by atoms with Crippen LogP contribution in [-0.4, -0.2) is 53.6 Å². The van der Waals surface area contributed by atoms with Crippen molar-refractivity contribution in [1.29, 1.82) is 0 Å². The van der Waals surface area contributed by atoms with Gasteiger partial charge >= 0.3 is 6.03 Å². The molecule has 0 bridgehead atoms. The maximum Gasteiger partial charge on any atom is 0.327 e. The van der Waals surface area contributed by atoms with Crippen LogP contribution >= 0.6 is 0 Å². The predicted octanol–water partition coefficient (Wildman–Crippen LogP) is 1.47. The molecule has 0 N–H and O–H groups in total. The number of hydrogen-bond acceptors (Lipinski definition) is 3. The van der Waals surface area contributed by atoms with Crippen molar-refractivity contribution in [3.05, 3.63) is 0 Å². The molecule has 2 aliphatic rings. The molecule has 2 rings (SSSR count). The third-order valence-electron chi connectivity index (χ3n) is 4.21. The van der Waals surface area contributed by atoms with Crippen LogP contribution in [0, 0.1) is 5.41 Å². The summed E-state index contributed by atoms with van der Waals surface area (Å²) in [7, 11) is 1.62. The zero-order chi connectivity index (χ0) is 13.7. The Kier molecular flexibility index (Phi) is 3.13. The minimum Gasteiger partial charge on any atom is -0.380 e. The fourth-order valence-electron chi connectivity index (χ4n) is 2.55. The van der Waals surface area contributed by atoms with Crippen molar-refractivity contribution in [2.24, 2.45) is 5.41 Å². The fourth-order valence-corrected chi connectivity index (χ4v) is 2.55. The third-order valence-corrected chi connectivity index (χ3v) is 4.21. The molecule has 3 amide bonds. The van der Waals surface area contributed by atoms with E-state index in [9.17, 15) is 9.59 Å². The van der Waals surface area contributed by atoms with Crippen LogP contribution in [0.1, 0.15) is 34.1 Å². The number of nitrogens with zero attached hydrogens (tertiary/aromatic N) is 2. The highest BCUT2D eigenvalue weighted by Crippen LogP contribution is 2.34. The molecule has 0 aromatic carbocycles. The number of carbonyl (C=O) groups excluding carboxylic acids is 2. The number of imide groups is 1. The quantitative estimate of drug-likeness (QED) is 0.701. The molecular formula is C13H22N2O3. The molecule has 0 radical (unpaired) electrons. The Morgan fingerprint density at radius 1 is 1.33 bits per heavy atom. The van der Waals surface area contributed by atoms with Crippen molar-refractivity contribution in [1.82, 2.24) is 9.80 Å². The molecule has 2 fully saturated rings.